The third kappa shape index (κ3) is 62.0. The Balaban J connectivity index is 4.28. The van der Waals surface area contributed by atoms with Gasteiger partial charge in [0, 0.05) is 19.3 Å². The van der Waals surface area contributed by atoms with Gasteiger partial charge in [-0.05, 0) is 135 Å². The fourth-order valence-corrected chi connectivity index (χ4v) is 8.24. The second-order valence-electron chi connectivity index (χ2n) is 20.2. The van der Waals surface area contributed by atoms with Gasteiger partial charge in [-0.25, -0.2) is 0 Å². The molecule has 0 amide bonds. The van der Waals surface area contributed by atoms with E-state index < -0.39 is 6.10 Å². The third-order valence-electron chi connectivity index (χ3n) is 12.8. The van der Waals surface area contributed by atoms with E-state index in [0.717, 1.165) is 161 Å². The molecule has 0 aromatic carbocycles. The molecular weight excluding hydrogens is 949 g/mol. The lowest BCUT2D eigenvalue weighted by atomic mass is 10.0. The van der Waals surface area contributed by atoms with Crippen LogP contribution < -0.4 is 0 Å². The van der Waals surface area contributed by atoms with Gasteiger partial charge in [0.1, 0.15) is 13.2 Å². The Labute approximate surface area is 474 Å². The second kappa shape index (κ2) is 63.8. The summed E-state index contributed by atoms with van der Waals surface area (Å²) in [5.74, 6) is -0.951. The average molecular weight is 1060 g/mol. The van der Waals surface area contributed by atoms with E-state index >= 15 is 0 Å². The third-order valence-corrected chi connectivity index (χ3v) is 12.8. The highest BCUT2D eigenvalue weighted by Gasteiger charge is 2.19. The molecule has 0 aliphatic rings. The van der Waals surface area contributed by atoms with Crippen LogP contribution in [0.4, 0.5) is 0 Å². The summed E-state index contributed by atoms with van der Waals surface area (Å²) < 4.78 is 16.8. The zero-order valence-electron chi connectivity index (χ0n) is 49.7. The molecule has 6 heteroatoms. The Bertz CT molecular complexity index is 1700. The lowest BCUT2D eigenvalue weighted by Crippen LogP contribution is -2.30. The Morgan fingerprint density at radius 1 is 0.260 bits per heavy atom. The summed E-state index contributed by atoms with van der Waals surface area (Å²) in [7, 11) is 0. The molecule has 6 nitrogen and oxygen atoms in total. The van der Waals surface area contributed by atoms with Crippen LogP contribution in [-0.2, 0) is 28.6 Å². The van der Waals surface area contributed by atoms with Crippen LogP contribution in [0, 0.1) is 0 Å². The molecule has 1 atom stereocenters. The van der Waals surface area contributed by atoms with Crippen LogP contribution in [0.5, 0.6) is 0 Å². The number of carbonyl (C=O) groups excluding carboxylic acids is 3. The van der Waals surface area contributed by atoms with Gasteiger partial charge >= 0.3 is 17.9 Å². The summed E-state index contributed by atoms with van der Waals surface area (Å²) in [6.07, 6.45) is 91.5. The fourth-order valence-electron chi connectivity index (χ4n) is 8.24. The van der Waals surface area contributed by atoms with Crippen molar-refractivity contribution in [1.82, 2.24) is 0 Å². The Hall–Kier alpha value is -4.71. The van der Waals surface area contributed by atoms with Gasteiger partial charge in [0.25, 0.3) is 0 Å². The number of carbonyl (C=O) groups is 3. The number of rotatable bonds is 55. The van der Waals surface area contributed by atoms with Crippen LogP contribution in [0.1, 0.15) is 265 Å². The molecule has 0 bridgehead atoms. The highest BCUT2D eigenvalue weighted by atomic mass is 16.6. The monoisotopic (exact) mass is 1060 g/mol. The number of hydrogen-bond acceptors (Lipinski definition) is 6. The normalized spacial score (nSPS) is 13.1. The van der Waals surface area contributed by atoms with Gasteiger partial charge in [-0.1, -0.05) is 256 Å². The molecular formula is C71H114O6. The lowest BCUT2D eigenvalue weighted by Gasteiger charge is -2.18. The molecule has 0 aliphatic heterocycles. The number of unbranched alkanes of at least 4 members (excludes halogenated alkanes) is 20. The number of ether oxygens (including phenoxy) is 3. The number of allylic oxidation sites excluding steroid dienone is 24. The molecule has 77 heavy (non-hydrogen) atoms. The van der Waals surface area contributed by atoms with Crippen molar-refractivity contribution in [3.8, 4) is 0 Å². The average Bonchev–Trinajstić information content (AvgIpc) is 3.43. The molecule has 0 radical (unpaired) electrons. The highest BCUT2D eigenvalue weighted by molar-refractivity contribution is 5.71. The van der Waals surface area contributed by atoms with Crippen LogP contribution in [0.15, 0.2) is 146 Å². The maximum atomic E-state index is 12.9. The van der Waals surface area contributed by atoms with Gasteiger partial charge in [-0.3, -0.25) is 14.4 Å². The summed E-state index contributed by atoms with van der Waals surface area (Å²) in [6, 6.07) is 0. The maximum Gasteiger partial charge on any atom is 0.306 e. The summed E-state index contributed by atoms with van der Waals surface area (Å²) in [6.45, 7) is 6.25. The van der Waals surface area contributed by atoms with Crippen molar-refractivity contribution >= 4 is 17.9 Å². The fraction of sp³-hybridized carbons (Fsp3) is 0.620. The minimum Gasteiger partial charge on any atom is -0.462 e. The predicted octanol–water partition coefficient (Wildman–Crippen LogP) is 21.5. The topological polar surface area (TPSA) is 78.9 Å². The van der Waals surface area contributed by atoms with Crippen LogP contribution in [0.25, 0.3) is 0 Å². The van der Waals surface area contributed by atoms with E-state index in [2.05, 4.69) is 167 Å². The van der Waals surface area contributed by atoms with Gasteiger partial charge in [0.2, 0.25) is 0 Å². The summed E-state index contributed by atoms with van der Waals surface area (Å²) in [5, 5.41) is 0. The maximum absolute atomic E-state index is 12.9. The predicted molar refractivity (Wildman–Crippen MR) is 334 cm³/mol. The minimum absolute atomic E-state index is 0.0997. The Morgan fingerprint density at radius 2 is 0.468 bits per heavy atom. The van der Waals surface area contributed by atoms with Crippen molar-refractivity contribution in [3.05, 3.63) is 146 Å². The van der Waals surface area contributed by atoms with Crippen LogP contribution in [0.2, 0.25) is 0 Å². The van der Waals surface area contributed by atoms with E-state index in [1.54, 1.807) is 0 Å². The number of esters is 3. The van der Waals surface area contributed by atoms with Gasteiger partial charge in [0.15, 0.2) is 6.10 Å². The van der Waals surface area contributed by atoms with Crippen LogP contribution >= 0.6 is 0 Å². The van der Waals surface area contributed by atoms with Crippen molar-refractivity contribution in [1.29, 1.82) is 0 Å². The van der Waals surface area contributed by atoms with E-state index in [-0.39, 0.29) is 31.1 Å². The summed E-state index contributed by atoms with van der Waals surface area (Å²) in [4.78, 5) is 38.2. The largest absolute Gasteiger partial charge is 0.462 e. The molecule has 434 valence electrons. The molecule has 0 rings (SSSR count). The van der Waals surface area contributed by atoms with Crippen LogP contribution in [0.3, 0.4) is 0 Å². The summed E-state index contributed by atoms with van der Waals surface area (Å²) in [5.41, 5.74) is 0. The summed E-state index contributed by atoms with van der Waals surface area (Å²) >= 11 is 0. The first-order valence-electron chi connectivity index (χ1n) is 31.3. The van der Waals surface area contributed by atoms with Crippen molar-refractivity contribution in [2.75, 3.05) is 13.2 Å². The molecule has 0 saturated heterocycles. The van der Waals surface area contributed by atoms with Crippen LogP contribution in [-0.4, -0.2) is 37.2 Å². The Kier molecular flexibility index (Phi) is 59.9. The molecule has 0 heterocycles. The zero-order chi connectivity index (χ0) is 55.7. The van der Waals surface area contributed by atoms with E-state index in [4.69, 9.17) is 14.2 Å². The van der Waals surface area contributed by atoms with Crippen molar-refractivity contribution in [2.45, 2.75) is 271 Å². The van der Waals surface area contributed by atoms with E-state index in [9.17, 15) is 14.4 Å². The zero-order valence-corrected chi connectivity index (χ0v) is 49.7. The molecule has 0 saturated carbocycles. The number of hydrogen-bond donors (Lipinski definition) is 0. The molecule has 0 N–H and O–H groups in total. The van der Waals surface area contributed by atoms with E-state index in [1.165, 1.54) is 64.2 Å². The van der Waals surface area contributed by atoms with E-state index in [0.29, 0.717) is 19.3 Å². The quantitative estimate of drug-likeness (QED) is 0.0261. The van der Waals surface area contributed by atoms with Gasteiger partial charge in [-0.15, -0.1) is 0 Å². The smallest absolute Gasteiger partial charge is 0.306 e. The molecule has 0 fully saturated rings. The van der Waals surface area contributed by atoms with Gasteiger partial charge < -0.3 is 14.2 Å². The molecule has 1 unspecified atom stereocenters. The molecule has 0 aliphatic carbocycles. The minimum atomic E-state index is -0.806. The van der Waals surface area contributed by atoms with Crippen molar-refractivity contribution in [3.63, 3.8) is 0 Å². The van der Waals surface area contributed by atoms with Crippen molar-refractivity contribution < 1.29 is 28.6 Å². The first kappa shape index (κ1) is 72.3. The molecule has 0 aromatic rings. The second-order valence-corrected chi connectivity index (χ2v) is 20.2. The van der Waals surface area contributed by atoms with Crippen molar-refractivity contribution in [2.24, 2.45) is 0 Å². The van der Waals surface area contributed by atoms with Gasteiger partial charge in [-0.2, -0.15) is 0 Å². The standard InChI is InChI=1S/C71H114O6/c1-4-7-10-13-16-19-22-25-27-28-29-30-31-32-33-34-35-36-37-38-39-40-41-42-44-46-49-52-55-58-61-64-70(73)76-67-68(66-75-69(72)63-60-57-54-51-48-45-24-21-18-15-12-9-6-3)77-71(74)65-62-59-56-53-50-47-43-26-23-20-17-14-11-8-5-2/h7-12,16-21,25-27,29-30,32-33,35-36,43,45,48,68H,4-6,13-15,22-24,28,31,34,37-42,44,46-47,49-67H2,1-3H3/b10-7-,11-8-,12-9-,19-16-,20-17-,21-18-,27-25-,30-29-,33-32-,36-35-,43-26-,48-45-. The molecule has 0 aromatic heterocycles. The van der Waals surface area contributed by atoms with E-state index in [1.807, 2.05) is 0 Å². The first-order chi connectivity index (χ1) is 38.0. The first-order valence-corrected chi connectivity index (χ1v) is 31.3. The SMILES string of the molecule is CC/C=C\C/C=C\C/C=C\C/C=C\C/C=C\C/C=C\CCCCCCCCCCCCCCC(=O)OCC(COC(=O)CCCCC/C=C\C/C=C\C/C=C\CC)OC(=O)CCCCCCC/C=C\C/C=C\C/C=C\CC. The highest BCUT2D eigenvalue weighted by Crippen LogP contribution is 2.15. The Morgan fingerprint density at radius 3 is 0.740 bits per heavy atom. The van der Waals surface area contributed by atoms with Gasteiger partial charge in [0.05, 0.1) is 0 Å². The molecule has 0 spiro atoms. The lowest BCUT2D eigenvalue weighted by molar-refractivity contribution is -0.167.